The van der Waals surface area contributed by atoms with Crippen molar-refractivity contribution in [2.24, 2.45) is 0 Å². The Balaban J connectivity index is 1.26. The van der Waals surface area contributed by atoms with Gasteiger partial charge in [-0.3, -0.25) is 9.59 Å². The minimum atomic E-state index is -1.34. The van der Waals surface area contributed by atoms with E-state index < -0.39 is 36.1 Å². The van der Waals surface area contributed by atoms with Crippen LogP contribution in [0.3, 0.4) is 0 Å². The Morgan fingerprint density at radius 1 is 0.977 bits per heavy atom. The summed E-state index contributed by atoms with van der Waals surface area (Å²) < 4.78 is 11.0. The predicted octanol–water partition coefficient (Wildman–Crippen LogP) is 2.22. The standard InChI is InChI=1S/C30H33N5O8/c36-27(33-17-25(29(38)39)34-28(37)22-11-5-2-6-12-22)20-41-24-15-23(16-32-26-13-7-8-14-31-26)35(18-24)43-30(40)42-19-21-9-3-1-4-10-21/h1-14,23-25H,15-20H2,(H,31,32)(H,33,36)(H,34,37)(H,38,39). The Hall–Kier alpha value is -5.01. The first-order valence-corrected chi connectivity index (χ1v) is 13.6. The highest BCUT2D eigenvalue weighted by Gasteiger charge is 2.36. The van der Waals surface area contributed by atoms with Gasteiger partial charge in [0, 0.05) is 24.8 Å². The number of carboxylic acids is 1. The Morgan fingerprint density at radius 3 is 2.40 bits per heavy atom. The number of carboxylic acid groups (broad SMARTS) is 1. The highest BCUT2D eigenvalue weighted by molar-refractivity contribution is 5.96. The molecule has 13 heteroatoms. The number of rotatable bonds is 14. The van der Waals surface area contributed by atoms with Gasteiger partial charge in [-0.1, -0.05) is 54.6 Å². The van der Waals surface area contributed by atoms with Crippen LogP contribution < -0.4 is 16.0 Å². The molecule has 3 unspecified atom stereocenters. The van der Waals surface area contributed by atoms with Gasteiger partial charge in [-0.2, -0.15) is 0 Å². The monoisotopic (exact) mass is 591 g/mol. The summed E-state index contributed by atoms with van der Waals surface area (Å²) in [5.41, 5.74) is 1.11. The third kappa shape index (κ3) is 10.1. The van der Waals surface area contributed by atoms with Gasteiger partial charge in [-0.15, -0.1) is 5.06 Å². The maximum Gasteiger partial charge on any atom is 0.528 e. The predicted molar refractivity (Wildman–Crippen MR) is 154 cm³/mol. The van der Waals surface area contributed by atoms with Crippen LogP contribution in [-0.4, -0.2) is 83.5 Å². The lowest BCUT2D eigenvalue weighted by Crippen LogP contribution is -2.49. The second-order valence-electron chi connectivity index (χ2n) is 9.67. The van der Waals surface area contributed by atoms with Crippen LogP contribution in [0.25, 0.3) is 0 Å². The Morgan fingerprint density at radius 2 is 1.70 bits per heavy atom. The molecule has 43 heavy (non-hydrogen) atoms. The summed E-state index contributed by atoms with van der Waals surface area (Å²) in [5.74, 6) is -1.79. The largest absolute Gasteiger partial charge is 0.528 e. The van der Waals surface area contributed by atoms with Crippen LogP contribution in [0.5, 0.6) is 0 Å². The van der Waals surface area contributed by atoms with Gasteiger partial charge >= 0.3 is 12.1 Å². The number of hydrogen-bond donors (Lipinski definition) is 4. The molecule has 2 amide bonds. The van der Waals surface area contributed by atoms with Crippen molar-refractivity contribution in [3.63, 3.8) is 0 Å². The molecule has 3 atom stereocenters. The highest BCUT2D eigenvalue weighted by Crippen LogP contribution is 2.22. The van der Waals surface area contributed by atoms with Crippen LogP contribution in [0.4, 0.5) is 10.6 Å². The molecule has 226 valence electrons. The minimum absolute atomic E-state index is 0.0492. The molecular formula is C30H33N5O8. The summed E-state index contributed by atoms with van der Waals surface area (Å²) in [6.45, 7) is -0.104. The SMILES string of the molecule is O=C(COC1CC(CNc2ccccn2)N(OC(=O)OCc2ccccc2)C1)NCC(NC(=O)c1ccccc1)C(=O)O. The molecule has 0 spiro atoms. The second kappa shape index (κ2) is 15.8. The fraction of sp³-hybridized carbons (Fsp3) is 0.300. The van der Waals surface area contributed by atoms with Gasteiger partial charge in [0.1, 0.15) is 25.1 Å². The van der Waals surface area contributed by atoms with Gasteiger partial charge in [-0.25, -0.2) is 14.6 Å². The smallest absolute Gasteiger partial charge is 0.480 e. The number of nitrogens with zero attached hydrogens (tertiary/aromatic N) is 2. The maximum atomic E-state index is 12.5. The molecule has 3 aromatic rings. The van der Waals surface area contributed by atoms with Crippen molar-refractivity contribution in [3.05, 3.63) is 96.2 Å². The summed E-state index contributed by atoms with van der Waals surface area (Å²) in [6.07, 6.45) is 0.724. The lowest BCUT2D eigenvalue weighted by molar-refractivity contribution is -0.143. The van der Waals surface area contributed by atoms with E-state index in [1.54, 1.807) is 48.7 Å². The molecule has 13 nitrogen and oxygen atoms in total. The Kier molecular flexibility index (Phi) is 11.4. The number of hydroxylamine groups is 2. The fourth-order valence-corrected chi connectivity index (χ4v) is 4.28. The number of aromatic nitrogens is 1. The third-order valence-electron chi connectivity index (χ3n) is 6.49. The lowest BCUT2D eigenvalue weighted by atomic mass is 10.2. The number of aliphatic carboxylic acids is 1. The molecule has 1 aliphatic rings. The van der Waals surface area contributed by atoms with Crippen molar-refractivity contribution in [2.45, 2.75) is 31.2 Å². The number of benzene rings is 2. The zero-order valence-electron chi connectivity index (χ0n) is 23.3. The van der Waals surface area contributed by atoms with E-state index in [9.17, 15) is 24.3 Å². The van der Waals surface area contributed by atoms with Crippen molar-refractivity contribution in [1.29, 1.82) is 0 Å². The normalized spacial score (nSPS) is 16.9. The number of carbonyl (C=O) groups is 4. The van der Waals surface area contributed by atoms with Crippen molar-refractivity contribution >= 4 is 29.8 Å². The highest BCUT2D eigenvalue weighted by atomic mass is 16.8. The van der Waals surface area contributed by atoms with E-state index >= 15 is 0 Å². The summed E-state index contributed by atoms with van der Waals surface area (Å²) in [6, 6.07) is 21.1. The zero-order valence-corrected chi connectivity index (χ0v) is 23.3. The first-order valence-electron chi connectivity index (χ1n) is 13.6. The van der Waals surface area contributed by atoms with E-state index in [4.69, 9.17) is 14.3 Å². The molecule has 2 heterocycles. The van der Waals surface area contributed by atoms with Gasteiger partial charge in [0.2, 0.25) is 5.91 Å². The van der Waals surface area contributed by atoms with Crippen LogP contribution in [-0.2, 0) is 30.5 Å². The average Bonchev–Trinajstić information content (AvgIpc) is 3.42. The van der Waals surface area contributed by atoms with Crippen LogP contribution in [0.15, 0.2) is 85.1 Å². The van der Waals surface area contributed by atoms with Crippen molar-refractivity contribution in [3.8, 4) is 0 Å². The Labute approximate surface area is 248 Å². The lowest BCUT2D eigenvalue weighted by Gasteiger charge is -2.22. The first-order chi connectivity index (χ1) is 20.9. The molecule has 4 rings (SSSR count). The van der Waals surface area contributed by atoms with Crippen molar-refractivity contribution < 1.29 is 38.6 Å². The van der Waals surface area contributed by atoms with Gasteiger partial charge in [0.05, 0.1) is 18.7 Å². The molecule has 0 saturated carbocycles. The second-order valence-corrected chi connectivity index (χ2v) is 9.67. The summed E-state index contributed by atoms with van der Waals surface area (Å²) in [5, 5.41) is 19.0. The summed E-state index contributed by atoms with van der Waals surface area (Å²) in [7, 11) is 0. The van der Waals surface area contributed by atoms with Crippen molar-refractivity contribution in [2.75, 3.05) is 31.6 Å². The molecule has 0 radical (unpaired) electrons. The Bertz CT molecular complexity index is 1350. The fourth-order valence-electron chi connectivity index (χ4n) is 4.28. The number of carbonyl (C=O) groups excluding carboxylic acids is 3. The topological polar surface area (TPSA) is 168 Å². The molecule has 1 aliphatic heterocycles. The molecule has 2 aromatic carbocycles. The molecule has 1 aromatic heterocycles. The molecule has 0 aliphatic carbocycles. The van der Waals surface area contributed by atoms with E-state index in [1.807, 2.05) is 36.4 Å². The number of amides is 2. The van der Waals surface area contributed by atoms with Crippen LogP contribution >= 0.6 is 0 Å². The van der Waals surface area contributed by atoms with Gasteiger partial charge in [0.15, 0.2) is 0 Å². The van der Waals surface area contributed by atoms with E-state index in [2.05, 4.69) is 20.9 Å². The van der Waals surface area contributed by atoms with Crippen LogP contribution in [0, 0.1) is 0 Å². The van der Waals surface area contributed by atoms with Crippen LogP contribution in [0.1, 0.15) is 22.3 Å². The molecule has 1 saturated heterocycles. The van der Waals surface area contributed by atoms with Gasteiger partial charge in [-0.05, 0) is 36.2 Å². The number of hydrogen-bond acceptors (Lipinski definition) is 10. The molecule has 1 fully saturated rings. The molecule has 4 N–H and O–H groups in total. The minimum Gasteiger partial charge on any atom is -0.480 e. The maximum absolute atomic E-state index is 12.5. The van der Waals surface area contributed by atoms with Crippen LogP contribution in [0.2, 0.25) is 0 Å². The third-order valence-corrected chi connectivity index (χ3v) is 6.49. The van der Waals surface area contributed by atoms with E-state index in [1.165, 1.54) is 5.06 Å². The van der Waals surface area contributed by atoms with Gasteiger partial charge in [0.25, 0.3) is 5.91 Å². The quantitative estimate of drug-likeness (QED) is 0.203. The number of nitrogens with one attached hydrogen (secondary N) is 3. The van der Waals surface area contributed by atoms with E-state index in [-0.39, 0.29) is 32.3 Å². The average molecular weight is 592 g/mol. The number of pyridine rings is 1. The molecular weight excluding hydrogens is 558 g/mol. The summed E-state index contributed by atoms with van der Waals surface area (Å²) in [4.78, 5) is 58.6. The first kappa shape index (κ1) is 30.9. The zero-order chi connectivity index (χ0) is 30.4. The van der Waals surface area contributed by atoms with Crippen molar-refractivity contribution in [1.82, 2.24) is 20.7 Å². The van der Waals surface area contributed by atoms with E-state index in [0.29, 0.717) is 24.3 Å². The molecule has 0 bridgehead atoms. The summed E-state index contributed by atoms with van der Waals surface area (Å²) >= 11 is 0. The van der Waals surface area contributed by atoms with E-state index in [0.717, 1.165) is 5.56 Å². The van der Waals surface area contributed by atoms with Gasteiger partial charge < -0.3 is 35.4 Å². The number of ether oxygens (including phenoxy) is 2. The number of anilines is 1.